The maximum Gasteiger partial charge on any atom is 0.317 e. The van der Waals surface area contributed by atoms with Gasteiger partial charge in [-0.3, -0.25) is 4.79 Å². The molecule has 1 heterocycles. The van der Waals surface area contributed by atoms with Crippen LogP contribution in [0.4, 0.5) is 0 Å². The van der Waals surface area contributed by atoms with Crippen molar-refractivity contribution in [2.24, 2.45) is 5.92 Å². The van der Waals surface area contributed by atoms with E-state index >= 15 is 0 Å². The van der Waals surface area contributed by atoms with E-state index in [0.717, 1.165) is 17.5 Å². The molecule has 1 fully saturated rings. The van der Waals surface area contributed by atoms with Crippen LogP contribution in [-0.4, -0.2) is 32.7 Å². The predicted octanol–water partition coefficient (Wildman–Crippen LogP) is -0.339. The second-order valence-corrected chi connectivity index (χ2v) is 7.46. The number of ether oxygens (including phenoxy) is 1. The predicted molar refractivity (Wildman–Crippen MR) is 98.6 cm³/mol. The molecular weight excluding hydrogens is 346 g/mol. The summed E-state index contributed by atoms with van der Waals surface area (Å²) in [6, 6.07) is 16.4. The summed E-state index contributed by atoms with van der Waals surface area (Å²) in [6.07, 6.45) is 3.49. The van der Waals surface area contributed by atoms with Gasteiger partial charge < -0.3 is 22.0 Å². The summed E-state index contributed by atoms with van der Waals surface area (Å²) in [4.78, 5) is 14.5. The highest BCUT2D eigenvalue weighted by Crippen LogP contribution is 2.45. The molecule has 2 aromatic carbocycles. The second-order valence-electron chi connectivity index (χ2n) is 7.46. The van der Waals surface area contributed by atoms with Crippen molar-refractivity contribution in [1.29, 1.82) is 0 Å². The smallest absolute Gasteiger partial charge is 0.317 e. The topological polar surface area (TPSA) is 30.7 Å². The zero-order chi connectivity index (χ0) is 17.2. The van der Waals surface area contributed by atoms with E-state index in [9.17, 15) is 4.79 Å². The van der Waals surface area contributed by atoms with Crippen molar-refractivity contribution in [1.82, 2.24) is 0 Å². The van der Waals surface area contributed by atoms with E-state index in [-0.39, 0.29) is 24.3 Å². The van der Waals surface area contributed by atoms with E-state index in [0.29, 0.717) is 12.5 Å². The quantitative estimate of drug-likeness (QED) is 0.746. The number of hydrogen-bond donors (Lipinski definition) is 1. The molecule has 0 amide bonds. The molecule has 3 nitrogen and oxygen atoms in total. The van der Waals surface area contributed by atoms with Crippen molar-refractivity contribution in [3.63, 3.8) is 0 Å². The molecule has 2 aliphatic rings. The lowest BCUT2D eigenvalue weighted by Gasteiger charge is -2.26. The minimum absolute atomic E-state index is 0. The highest BCUT2D eigenvalue weighted by molar-refractivity contribution is 5.93. The standard InChI is InChI=1S/C22H25NO2.ClH/c1-23-13-10-16(11-14-23)12-15-25-22(24)21-19-8-4-2-6-17(19)18-7-3-5-9-20(18)21;/h2-9,16,21H,10-15H2,1H3;1H. The number of nitrogens with one attached hydrogen (secondary N) is 1. The van der Waals surface area contributed by atoms with Gasteiger partial charge in [-0.1, -0.05) is 48.5 Å². The molecule has 1 aliphatic carbocycles. The molecule has 4 heteroatoms. The maximum atomic E-state index is 12.8. The molecule has 0 saturated carbocycles. The minimum atomic E-state index is -0.269. The molecule has 1 N–H and O–H groups in total. The summed E-state index contributed by atoms with van der Waals surface area (Å²) in [6.45, 7) is 3.02. The Morgan fingerprint density at radius 3 is 2.12 bits per heavy atom. The van der Waals surface area contributed by atoms with Gasteiger partial charge in [0.1, 0.15) is 5.92 Å². The summed E-state index contributed by atoms with van der Waals surface area (Å²) in [5.41, 5.74) is 4.49. The second kappa shape index (κ2) is 8.24. The number of carbonyl (C=O) groups excluding carboxylic acids is 1. The Hall–Kier alpha value is -1.84. The van der Waals surface area contributed by atoms with E-state index in [1.165, 1.54) is 37.1 Å². The number of halogens is 1. The largest absolute Gasteiger partial charge is 1.00 e. The summed E-state index contributed by atoms with van der Waals surface area (Å²) < 4.78 is 5.72. The SMILES string of the molecule is C[NH+]1CCC(CCOC(=O)C2c3ccccc3-c3ccccc32)CC1.[Cl-]. The van der Waals surface area contributed by atoms with Crippen molar-refractivity contribution in [3.05, 3.63) is 59.7 Å². The van der Waals surface area contributed by atoms with Gasteiger partial charge in [-0.25, -0.2) is 0 Å². The molecule has 1 saturated heterocycles. The normalized spacial score (nSPS) is 21.4. The van der Waals surface area contributed by atoms with Gasteiger partial charge >= 0.3 is 5.97 Å². The molecular formula is C22H26ClNO2. The third kappa shape index (κ3) is 3.65. The van der Waals surface area contributed by atoms with Crippen LogP contribution in [0, 0.1) is 5.92 Å². The molecule has 0 spiro atoms. The number of piperidine rings is 1. The minimum Gasteiger partial charge on any atom is -1.00 e. The molecule has 2 aromatic rings. The number of hydrogen-bond acceptors (Lipinski definition) is 2. The average molecular weight is 372 g/mol. The molecule has 0 atom stereocenters. The lowest BCUT2D eigenvalue weighted by atomic mass is 9.94. The number of rotatable bonds is 4. The Morgan fingerprint density at radius 2 is 1.54 bits per heavy atom. The van der Waals surface area contributed by atoms with Gasteiger partial charge in [0.25, 0.3) is 0 Å². The van der Waals surface area contributed by atoms with E-state index in [4.69, 9.17) is 4.74 Å². The molecule has 1 aliphatic heterocycles. The van der Waals surface area contributed by atoms with Crippen molar-refractivity contribution >= 4 is 5.97 Å². The number of quaternary nitrogens is 1. The summed E-state index contributed by atoms with van der Waals surface area (Å²) >= 11 is 0. The van der Waals surface area contributed by atoms with Crippen LogP contribution in [0.15, 0.2) is 48.5 Å². The van der Waals surface area contributed by atoms with Crippen molar-refractivity contribution < 1.29 is 26.8 Å². The first-order valence-corrected chi connectivity index (χ1v) is 9.40. The van der Waals surface area contributed by atoms with Crippen LogP contribution in [0.2, 0.25) is 0 Å². The number of esters is 1. The Balaban J connectivity index is 0.00000196. The fourth-order valence-electron chi connectivity index (χ4n) is 4.28. The van der Waals surface area contributed by atoms with Crippen LogP contribution in [0.1, 0.15) is 36.3 Å². The van der Waals surface area contributed by atoms with Crippen LogP contribution < -0.4 is 17.3 Å². The van der Waals surface area contributed by atoms with E-state index < -0.39 is 0 Å². The van der Waals surface area contributed by atoms with Gasteiger partial charge in [0.05, 0.1) is 26.7 Å². The molecule has 26 heavy (non-hydrogen) atoms. The van der Waals surface area contributed by atoms with Gasteiger partial charge in [0.2, 0.25) is 0 Å². The van der Waals surface area contributed by atoms with Crippen LogP contribution >= 0.6 is 0 Å². The first kappa shape index (κ1) is 18.9. The summed E-state index contributed by atoms with van der Waals surface area (Å²) in [5, 5.41) is 0. The highest BCUT2D eigenvalue weighted by atomic mass is 35.5. The third-order valence-corrected chi connectivity index (χ3v) is 5.80. The van der Waals surface area contributed by atoms with Gasteiger partial charge in [-0.05, 0) is 47.4 Å². The molecule has 138 valence electrons. The third-order valence-electron chi connectivity index (χ3n) is 5.80. The van der Waals surface area contributed by atoms with Gasteiger partial charge in [-0.15, -0.1) is 0 Å². The van der Waals surface area contributed by atoms with Crippen molar-refractivity contribution in [2.45, 2.75) is 25.2 Å². The Morgan fingerprint density at radius 1 is 1.00 bits per heavy atom. The van der Waals surface area contributed by atoms with Gasteiger partial charge in [0, 0.05) is 0 Å². The van der Waals surface area contributed by atoms with Crippen LogP contribution in [0.25, 0.3) is 11.1 Å². The number of carbonyl (C=O) groups is 1. The zero-order valence-electron chi connectivity index (χ0n) is 15.2. The van der Waals surface area contributed by atoms with Crippen LogP contribution in [0.3, 0.4) is 0 Å². The Kier molecular flexibility index (Phi) is 6.00. The van der Waals surface area contributed by atoms with E-state index in [1.54, 1.807) is 4.90 Å². The molecule has 0 bridgehead atoms. The highest BCUT2D eigenvalue weighted by Gasteiger charge is 2.34. The average Bonchev–Trinajstić information content (AvgIpc) is 2.98. The first-order chi connectivity index (χ1) is 12.2. The fourth-order valence-corrected chi connectivity index (χ4v) is 4.28. The number of fused-ring (bicyclic) bond motifs is 3. The van der Waals surface area contributed by atoms with Gasteiger partial charge in [-0.2, -0.15) is 0 Å². The monoisotopic (exact) mass is 371 g/mol. The molecule has 0 aromatic heterocycles. The fraction of sp³-hybridized carbons (Fsp3) is 0.409. The summed E-state index contributed by atoms with van der Waals surface area (Å²) in [5.74, 6) is 0.338. The number of likely N-dealkylation sites (tertiary alicyclic amines) is 1. The first-order valence-electron chi connectivity index (χ1n) is 9.40. The van der Waals surface area contributed by atoms with E-state index in [2.05, 4.69) is 31.3 Å². The summed E-state index contributed by atoms with van der Waals surface area (Å²) in [7, 11) is 2.26. The van der Waals surface area contributed by atoms with E-state index in [1.807, 2.05) is 24.3 Å². The number of benzene rings is 2. The van der Waals surface area contributed by atoms with Crippen LogP contribution in [-0.2, 0) is 9.53 Å². The molecule has 4 rings (SSSR count). The lowest BCUT2D eigenvalue weighted by molar-refractivity contribution is -0.886. The molecule has 0 radical (unpaired) electrons. The molecule has 0 unspecified atom stereocenters. The van der Waals surface area contributed by atoms with Crippen molar-refractivity contribution in [2.75, 3.05) is 26.7 Å². The zero-order valence-corrected chi connectivity index (χ0v) is 16.0. The van der Waals surface area contributed by atoms with Crippen molar-refractivity contribution in [3.8, 4) is 11.1 Å². The Labute approximate surface area is 161 Å². The van der Waals surface area contributed by atoms with Crippen LogP contribution in [0.5, 0.6) is 0 Å². The maximum absolute atomic E-state index is 12.8. The van der Waals surface area contributed by atoms with Gasteiger partial charge in [0.15, 0.2) is 0 Å². The lowest BCUT2D eigenvalue weighted by Crippen LogP contribution is -3.10. The Bertz CT molecular complexity index is 723.